The van der Waals surface area contributed by atoms with Crippen molar-refractivity contribution in [2.75, 3.05) is 5.32 Å². The quantitative estimate of drug-likeness (QED) is 0.232. The fourth-order valence-electron chi connectivity index (χ4n) is 3.35. The van der Waals surface area contributed by atoms with E-state index in [2.05, 4.69) is 66.6 Å². The maximum Gasteiger partial charge on any atom is 0.357 e. The lowest BCUT2D eigenvalue weighted by molar-refractivity contribution is -0.597. The number of carbonyl (C=O) groups is 1. The molecule has 0 radical (unpaired) electrons. The molecule has 38 heavy (non-hydrogen) atoms. The Morgan fingerprint density at radius 1 is 0.789 bits per heavy atom. The summed E-state index contributed by atoms with van der Waals surface area (Å²) in [6.07, 6.45) is 0. The van der Waals surface area contributed by atoms with Crippen LogP contribution in [0.1, 0.15) is 27.0 Å². The summed E-state index contributed by atoms with van der Waals surface area (Å²) in [4.78, 5) is 16.8. The Hall–Kier alpha value is -3.12. The molecule has 0 unspecified atom stereocenters. The lowest BCUT2D eigenvalue weighted by Crippen LogP contribution is -3.61. The molecule has 5 rings (SSSR count). The number of hydrogen-bond donors (Lipinski definition) is 1. The van der Waals surface area contributed by atoms with Gasteiger partial charge in [0.25, 0.3) is 5.91 Å². The van der Waals surface area contributed by atoms with Gasteiger partial charge in [0.2, 0.25) is 0 Å². The number of rotatable bonds is 5. The van der Waals surface area contributed by atoms with E-state index in [4.69, 9.17) is 0 Å². The molecule has 0 atom stereocenters. The van der Waals surface area contributed by atoms with Gasteiger partial charge in [-0.3, -0.25) is 10.1 Å². The van der Waals surface area contributed by atoms with Gasteiger partial charge in [-0.2, -0.15) is 0 Å². The first-order valence-corrected chi connectivity index (χ1v) is 16.0. The van der Waals surface area contributed by atoms with Crippen LogP contribution in [-0.4, -0.2) is 23.9 Å². The predicted octanol–water partition coefficient (Wildman–Crippen LogP) is 3.19. The number of anilines is 1. The van der Waals surface area contributed by atoms with Crippen LogP contribution in [0.3, 0.4) is 0 Å². The number of thiazole rings is 1. The Balaban J connectivity index is 0.000000257. The van der Waals surface area contributed by atoms with Crippen LogP contribution in [0.4, 0.5) is 5.13 Å². The molecule has 194 valence electrons. The third kappa shape index (κ3) is 7.70. The van der Waals surface area contributed by atoms with Gasteiger partial charge in [0, 0.05) is 5.56 Å². The lowest BCUT2D eigenvalue weighted by atomic mass is 10.2. The lowest BCUT2D eigenvalue weighted by Gasteiger charge is -2.05. The molecule has 4 aromatic carbocycles. The Labute approximate surface area is 236 Å². The molecule has 1 N–H and O–H groups in total. The number of aromatic nitrogens is 1. The van der Waals surface area contributed by atoms with E-state index in [9.17, 15) is 17.8 Å². The molecule has 0 aliphatic carbocycles. The van der Waals surface area contributed by atoms with Gasteiger partial charge in [-0.1, -0.05) is 52.8 Å². The molecule has 5 aromatic rings. The van der Waals surface area contributed by atoms with Crippen molar-refractivity contribution in [2.24, 2.45) is 0 Å². The maximum absolute atomic E-state index is 12.5. The number of nitrogens with zero attached hydrogens (tertiary/aromatic N) is 1. The first-order valence-electron chi connectivity index (χ1n) is 11.6. The van der Waals surface area contributed by atoms with E-state index in [-0.39, 0.29) is 32.0 Å². The third-order valence-corrected chi connectivity index (χ3v) is 9.88. The topological polar surface area (TPSA) is 99.2 Å². The summed E-state index contributed by atoms with van der Waals surface area (Å²) in [5.41, 5.74) is 4.97. The van der Waals surface area contributed by atoms with Crippen LogP contribution in [0.25, 0.3) is 10.2 Å². The smallest absolute Gasteiger partial charge is 0.357 e. The zero-order valence-corrected chi connectivity index (χ0v) is 24.7. The molecular weight excluding hydrogens is 631 g/mol. The molecule has 0 fully saturated rings. The van der Waals surface area contributed by atoms with E-state index in [0.717, 1.165) is 15.8 Å². The van der Waals surface area contributed by atoms with Crippen LogP contribution >= 0.6 is 11.3 Å². The molecule has 0 aliphatic heterocycles. The normalized spacial score (nSPS) is 11.1. The summed E-state index contributed by atoms with van der Waals surface area (Å²) in [6.45, 7) is 5.97. The van der Waals surface area contributed by atoms with Crippen molar-refractivity contribution in [3.8, 4) is 0 Å². The van der Waals surface area contributed by atoms with E-state index in [1.54, 1.807) is 12.1 Å². The van der Waals surface area contributed by atoms with Crippen LogP contribution in [-0.2, 0) is 10.1 Å². The van der Waals surface area contributed by atoms with Crippen molar-refractivity contribution in [1.82, 2.24) is 4.98 Å². The number of nitrogens with one attached hydrogen (secondary N) is 1. The van der Waals surface area contributed by atoms with Gasteiger partial charge in [0.15, 0.2) is 12.3 Å². The molecule has 0 bridgehead atoms. The van der Waals surface area contributed by atoms with Crippen molar-refractivity contribution in [1.29, 1.82) is 0 Å². The first-order chi connectivity index (χ1) is 18.1. The van der Waals surface area contributed by atoms with Crippen molar-refractivity contribution in [3.05, 3.63) is 120 Å². The average molecular weight is 657 g/mol. The number of carbonyl (C=O) groups excluding carboxylic acids is 1. The van der Waals surface area contributed by atoms with Crippen LogP contribution < -0.4 is 26.5 Å². The Morgan fingerprint density at radius 2 is 1.32 bits per heavy atom. The van der Waals surface area contributed by atoms with Crippen molar-refractivity contribution in [3.63, 3.8) is 0 Å². The number of amides is 1. The Bertz CT molecular complexity index is 1660. The average Bonchev–Trinajstić information content (AvgIpc) is 3.27. The van der Waals surface area contributed by atoms with E-state index < -0.39 is 10.1 Å². The maximum atomic E-state index is 12.5. The Morgan fingerprint density at radius 3 is 1.89 bits per heavy atom. The summed E-state index contributed by atoms with van der Waals surface area (Å²) in [6, 6.07) is 28.5. The molecule has 0 spiro atoms. The van der Waals surface area contributed by atoms with Crippen molar-refractivity contribution < 1.29 is 39.0 Å². The molecule has 1 amide bonds. The number of aryl methyl sites for hydroxylation is 3. The number of fused-ring (bicyclic) bond motifs is 1. The van der Waals surface area contributed by atoms with Crippen molar-refractivity contribution >= 4 is 42.7 Å². The van der Waals surface area contributed by atoms with E-state index >= 15 is 0 Å². The fraction of sp³-hybridized carbons (Fsp3) is 0.103. The zero-order valence-electron chi connectivity index (χ0n) is 20.9. The van der Waals surface area contributed by atoms with Crippen LogP contribution in [0.5, 0.6) is 0 Å². The second-order valence-electron chi connectivity index (χ2n) is 8.61. The molecule has 1 heterocycles. The standard InChI is InChI=1S/C22H17IN2OS.C7H8O3S/c1-14-3-8-17(9-4-14)23-18-10-6-16(7-11-18)21(26)25-22-24-19-12-5-15(2)13-20(19)27-22;1-6-2-4-7(5-3-6)11(8,9)10/h3-13H,1-2H3;2-5H,1H3,(H,8,9,10). The molecule has 0 saturated heterocycles. The predicted molar refractivity (Wildman–Crippen MR) is 146 cm³/mol. The molecule has 1 aromatic heterocycles. The van der Waals surface area contributed by atoms with Gasteiger partial charge < -0.3 is 4.55 Å². The fourth-order valence-corrected chi connectivity index (χ4v) is 6.93. The van der Waals surface area contributed by atoms with E-state index in [1.807, 2.05) is 31.2 Å². The first kappa shape index (κ1) is 27.9. The van der Waals surface area contributed by atoms with Gasteiger partial charge in [0.1, 0.15) is 10.1 Å². The highest BCUT2D eigenvalue weighted by Gasteiger charge is 2.16. The number of hydrogen-bond acceptors (Lipinski definition) is 6. The summed E-state index contributed by atoms with van der Waals surface area (Å²) in [5.74, 6) is -0.120. The largest absolute Gasteiger partial charge is 0.744 e. The van der Waals surface area contributed by atoms with Gasteiger partial charge >= 0.3 is 21.2 Å². The van der Waals surface area contributed by atoms with E-state index in [1.165, 1.54) is 41.7 Å². The molecular formula is C29H25IN2O4S2. The van der Waals surface area contributed by atoms with Gasteiger partial charge in [-0.15, -0.1) is 0 Å². The van der Waals surface area contributed by atoms with Gasteiger partial charge in [-0.25, -0.2) is 13.4 Å². The van der Waals surface area contributed by atoms with Crippen LogP contribution in [0, 0.1) is 27.9 Å². The van der Waals surface area contributed by atoms with Crippen molar-refractivity contribution in [2.45, 2.75) is 25.7 Å². The summed E-state index contributed by atoms with van der Waals surface area (Å²) in [7, 11) is -4.27. The highest BCUT2D eigenvalue weighted by Crippen LogP contribution is 2.27. The minimum absolute atomic E-state index is 0.120. The number of halogens is 1. The summed E-state index contributed by atoms with van der Waals surface area (Å²) in [5, 5.41) is 3.56. The van der Waals surface area contributed by atoms with Crippen LogP contribution in [0.2, 0.25) is 0 Å². The third-order valence-electron chi connectivity index (χ3n) is 5.41. The second-order valence-corrected chi connectivity index (χ2v) is 14.0. The van der Waals surface area contributed by atoms with E-state index in [0.29, 0.717) is 10.7 Å². The van der Waals surface area contributed by atoms with Gasteiger partial charge in [0.05, 0.1) is 15.1 Å². The SMILES string of the molecule is Cc1ccc(S(=O)(=O)[O-])cc1.Cc1ccc([I+]c2ccc(C(=O)Nc3nc4ccc(C)cc4s3)cc2)cc1. The highest BCUT2D eigenvalue weighted by atomic mass is 127. The zero-order chi connectivity index (χ0) is 27.3. The second kappa shape index (κ2) is 12.2. The molecule has 0 saturated carbocycles. The summed E-state index contributed by atoms with van der Waals surface area (Å²) >= 11 is 1.28. The minimum Gasteiger partial charge on any atom is -0.744 e. The summed E-state index contributed by atoms with van der Waals surface area (Å²) < 4.78 is 34.9. The molecule has 9 heteroatoms. The molecule has 0 aliphatic rings. The minimum atomic E-state index is -4.27. The number of benzene rings is 4. The highest BCUT2D eigenvalue weighted by molar-refractivity contribution is 7.85. The molecule has 6 nitrogen and oxygen atoms in total. The van der Waals surface area contributed by atoms with Crippen LogP contribution in [0.15, 0.2) is 95.9 Å². The van der Waals surface area contributed by atoms with Gasteiger partial charge in [-0.05, 0) is 87.0 Å². The Kier molecular flexibility index (Phi) is 8.93. The monoisotopic (exact) mass is 656 g/mol.